The molecule has 0 aliphatic carbocycles. The number of carbonyl (C=O) groups excluding carboxylic acids is 1. The number of piperidine rings is 1. The Labute approximate surface area is 125 Å². The van der Waals surface area contributed by atoms with Gasteiger partial charge in [-0.25, -0.2) is 4.98 Å². The van der Waals surface area contributed by atoms with Crippen molar-refractivity contribution in [3.05, 3.63) is 54.8 Å². The molecule has 1 fully saturated rings. The van der Waals surface area contributed by atoms with E-state index in [1.165, 1.54) is 0 Å². The lowest BCUT2D eigenvalue weighted by Gasteiger charge is -2.35. The average Bonchev–Trinajstić information content (AvgIpc) is 3.01. The van der Waals surface area contributed by atoms with Gasteiger partial charge in [0, 0.05) is 24.6 Å². The summed E-state index contributed by atoms with van der Waals surface area (Å²) >= 11 is 0. The van der Waals surface area contributed by atoms with Gasteiger partial charge in [-0.3, -0.25) is 4.79 Å². The molecule has 1 aliphatic heterocycles. The third-order valence-corrected chi connectivity index (χ3v) is 3.75. The van der Waals surface area contributed by atoms with E-state index >= 15 is 0 Å². The molecule has 4 nitrogen and oxygen atoms in total. The topological polar surface area (TPSA) is 46.3 Å². The number of hydrogen-bond donors (Lipinski definition) is 0. The molecule has 1 saturated heterocycles. The molecule has 112 valence electrons. The zero-order chi connectivity index (χ0) is 15.1. The van der Waals surface area contributed by atoms with Gasteiger partial charge < -0.3 is 9.32 Å². The summed E-state index contributed by atoms with van der Waals surface area (Å²) in [7, 11) is 0. The third-order valence-electron chi connectivity index (χ3n) is 3.75. The van der Waals surface area contributed by atoms with Crippen LogP contribution < -0.4 is 0 Å². The fourth-order valence-electron chi connectivity index (χ4n) is 2.66. The van der Waals surface area contributed by atoms with Crippen molar-refractivity contribution in [2.24, 2.45) is 0 Å². The normalized spacial score (nSPS) is 20.0. The minimum absolute atomic E-state index is 0.0758. The summed E-state index contributed by atoms with van der Waals surface area (Å²) in [4.78, 5) is 18.8. The largest absolute Gasteiger partial charge is 0.449 e. The number of likely N-dealkylation sites (tertiary alicyclic amines) is 1. The van der Waals surface area contributed by atoms with E-state index in [4.69, 9.17) is 4.42 Å². The second kappa shape index (κ2) is 7.62. The van der Waals surface area contributed by atoms with Crippen LogP contribution in [0, 0.1) is 0 Å². The number of oxazole rings is 1. The smallest absolute Gasteiger partial charge is 0.253 e. The zero-order valence-corrected chi connectivity index (χ0v) is 12.5. The molecule has 2 heterocycles. The van der Waals surface area contributed by atoms with E-state index in [9.17, 15) is 4.79 Å². The van der Waals surface area contributed by atoms with Crippen LogP contribution >= 0.6 is 0 Å². The Kier molecular flexibility index (Phi) is 5.55. The summed E-state index contributed by atoms with van der Waals surface area (Å²) in [5, 5.41) is 0. The minimum atomic E-state index is 0.0758. The first-order chi connectivity index (χ1) is 10.3. The van der Waals surface area contributed by atoms with Gasteiger partial charge in [-0.1, -0.05) is 24.8 Å². The Morgan fingerprint density at radius 1 is 1.57 bits per heavy atom. The van der Waals surface area contributed by atoms with Crippen molar-refractivity contribution in [2.45, 2.75) is 38.6 Å². The van der Waals surface area contributed by atoms with Crippen LogP contribution in [0.5, 0.6) is 0 Å². The maximum Gasteiger partial charge on any atom is 0.253 e. The second-order valence-corrected chi connectivity index (χ2v) is 5.12. The second-order valence-electron chi connectivity index (χ2n) is 5.12. The number of hydrogen-bond acceptors (Lipinski definition) is 3. The molecular weight excluding hydrogens is 264 g/mol. The molecular formula is C17H22N2O2. The molecule has 1 aliphatic rings. The van der Waals surface area contributed by atoms with Crippen molar-refractivity contribution in [3.8, 4) is 0 Å². The van der Waals surface area contributed by atoms with Crippen LogP contribution in [0.4, 0.5) is 0 Å². The van der Waals surface area contributed by atoms with Crippen LogP contribution in [0.25, 0.3) is 0 Å². The van der Waals surface area contributed by atoms with Crippen molar-refractivity contribution in [1.82, 2.24) is 9.88 Å². The maximum atomic E-state index is 12.7. The van der Waals surface area contributed by atoms with Crippen LogP contribution in [-0.4, -0.2) is 28.4 Å². The predicted octanol–water partition coefficient (Wildman–Crippen LogP) is 3.29. The maximum absolute atomic E-state index is 12.7. The lowest BCUT2D eigenvalue weighted by Crippen LogP contribution is -2.45. The first kappa shape index (κ1) is 15.3. The Bertz CT molecular complexity index is 529. The molecule has 1 atom stereocenters. The van der Waals surface area contributed by atoms with E-state index in [-0.39, 0.29) is 11.9 Å². The average molecular weight is 286 g/mol. The first-order valence-corrected chi connectivity index (χ1v) is 7.41. The summed E-state index contributed by atoms with van der Waals surface area (Å²) < 4.78 is 5.33. The van der Waals surface area contributed by atoms with E-state index in [0.717, 1.165) is 25.8 Å². The van der Waals surface area contributed by atoms with Gasteiger partial charge in [0.1, 0.15) is 6.26 Å². The standard InChI is InChI=1S/C17H22N2O2/c1-3-5-8-14(4-2)17(20)19-11-7-6-9-15(19)13-16-18-10-12-21-16/h3-5,8,10,12,15H,1,6-7,9,11,13H2,2H3/b8-5-,14-4+/t15-/m1/s1. The van der Waals surface area contributed by atoms with Crippen molar-refractivity contribution in [1.29, 1.82) is 0 Å². The van der Waals surface area contributed by atoms with E-state index in [1.54, 1.807) is 24.6 Å². The molecule has 1 aromatic rings. The SMILES string of the molecule is C=C/C=C\C(=C/C)C(=O)N1CCCC[C@@H]1Cc1ncco1. The Hall–Kier alpha value is -2.10. The quantitative estimate of drug-likeness (QED) is 0.616. The number of rotatable bonds is 5. The Balaban J connectivity index is 2.11. The fraction of sp³-hybridized carbons (Fsp3) is 0.412. The van der Waals surface area contributed by atoms with Crippen LogP contribution in [0.1, 0.15) is 32.1 Å². The van der Waals surface area contributed by atoms with Gasteiger partial charge in [0.2, 0.25) is 0 Å². The molecule has 0 spiro atoms. The van der Waals surface area contributed by atoms with Gasteiger partial charge in [-0.2, -0.15) is 0 Å². The predicted molar refractivity (Wildman–Crippen MR) is 82.7 cm³/mol. The molecule has 4 heteroatoms. The highest BCUT2D eigenvalue weighted by Gasteiger charge is 2.28. The summed E-state index contributed by atoms with van der Waals surface area (Å²) in [6.07, 6.45) is 14.2. The van der Waals surface area contributed by atoms with Crippen LogP contribution in [0.3, 0.4) is 0 Å². The molecule has 0 radical (unpaired) electrons. The van der Waals surface area contributed by atoms with Crippen LogP contribution in [0.2, 0.25) is 0 Å². The summed E-state index contributed by atoms with van der Waals surface area (Å²) in [5.74, 6) is 0.773. The molecule has 0 unspecified atom stereocenters. The van der Waals surface area contributed by atoms with Gasteiger partial charge in [-0.15, -0.1) is 0 Å². The molecule has 0 bridgehead atoms. The monoisotopic (exact) mass is 286 g/mol. The summed E-state index contributed by atoms with van der Waals surface area (Å²) in [6, 6.07) is 0.164. The van der Waals surface area contributed by atoms with Crippen molar-refractivity contribution < 1.29 is 9.21 Å². The van der Waals surface area contributed by atoms with Crippen molar-refractivity contribution >= 4 is 5.91 Å². The summed E-state index contributed by atoms with van der Waals surface area (Å²) in [6.45, 7) is 6.32. The summed E-state index contributed by atoms with van der Waals surface area (Å²) in [5.41, 5.74) is 0.703. The highest BCUT2D eigenvalue weighted by Crippen LogP contribution is 2.22. The van der Waals surface area contributed by atoms with Crippen LogP contribution in [0.15, 0.2) is 53.3 Å². The number of nitrogens with zero attached hydrogens (tertiary/aromatic N) is 2. The molecule has 1 amide bonds. The molecule has 21 heavy (non-hydrogen) atoms. The first-order valence-electron chi connectivity index (χ1n) is 7.41. The van der Waals surface area contributed by atoms with Gasteiger partial charge in [0.15, 0.2) is 5.89 Å². The lowest BCUT2D eigenvalue weighted by molar-refractivity contribution is -0.130. The molecule has 1 aromatic heterocycles. The fourth-order valence-corrected chi connectivity index (χ4v) is 2.66. The molecule has 0 aromatic carbocycles. The van der Waals surface area contributed by atoms with Gasteiger partial charge >= 0.3 is 0 Å². The number of allylic oxidation sites excluding steroid dienone is 3. The van der Waals surface area contributed by atoms with Crippen molar-refractivity contribution in [3.63, 3.8) is 0 Å². The van der Waals surface area contributed by atoms with E-state index in [0.29, 0.717) is 17.9 Å². The Morgan fingerprint density at radius 3 is 3.10 bits per heavy atom. The molecule has 0 saturated carbocycles. The van der Waals surface area contributed by atoms with Gasteiger partial charge in [0.25, 0.3) is 5.91 Å². The van der Waals surface area contributed by atoms with Crippen LogP contribution in [-0.2, 0) is 11.2 Å². The van der Waals surface area contributed by atoms with E-state index < -0.39 is 0 Å². The highest BCUT2D eigenvalue weighted by atomic mass is 16.3. The Morgan fingerprint density at radius 2 is 2.43 bits per heavy atom. The highest BCUT2D eigenvalue weighted by molar-refractivity contribution is 5.96. The molecule has 0 N–H and O–H groups in total. The van der Waals surface area contributed by atoms with E-state index in [1.807, 2.05) is 24.0 Å². The van der Waals surface area contributed by atoms with Gasteiger partial charge in [0.05, 0.1) is 6.20 Å². The number of carbonyl (C=O) groups is 1. The third kappa shape index (κ3) is 3.94. The number of aromatic nitrogens is 1. The minimum Gasteiger partial charge on any atom is -0.449 e. The molecule has 2 rings (SSSR count). The zero-order valence-electron chi connectivity index (χ0n) is 12.5. The van der Waals surface area contributed by atoms with Crippen molar-refractivity contribution in [2.75, 3.05) is 6.54 Å². The van der Waals surface area contributed by atoms with E-state index in [2.05, 4.69) is 11.6 Å². The lowest BCUT2D eigenvalue weighted by atomic mass is 9.98. The van der Waals surface area contributed by atoms with Gasteiger partial charge in [-0.05, 0) is 32.3 Å². The number of amides is 1.